The van der Waals surface area contributed by atoms with Gasteiger partial charge in [0.25, 0.3) is 0 Å². The van der Waals surface area contributed by atoms with Gasteiger partial charge in [0.15, 0.2) is 0 Å². The highest BCUT2D eigenvalue weighted by Crippen LogP contribution is 1.90. The maximum atomic E-state index is 11.5. The van der Waals surface area contributed by atoms with Crippen molar-refractivity contribution in [3.05, 3.63) is 11.9 Å². The predicted molar refractivity (Wildman–Crippen MR) is 65.8 cm³/mol. The number of carbonyl (C=O) groups is 2. The quantitative estimate of drug-likeness (QED) is 0.453. The van der Waals surface area contributed by atoms with Crippen molar-refractivity contribution in [1.82, 2.24) is 25.6 Å². The van der Waals surface area contributed by atoms with Crippen molar-refractivity contribution in [1.29, 1.82) is 0 Å². The lowest BCUT2D eigenvalue weighted by molar-refractivity contribution is -0.126. The number of carbonyl (C=O) groups excluding carboxylic acids is 2. The van der Waals surface area contributed by atoms with E-state index in [1.165, 1.54) is 4.68 Å². The van der Waals surface area contributed by atoms with E-state index in [0.29, 0.717) is 18.8 Å². The number of methoxy groups -OCH3 is 1. The number of nitrogens with zero attached hydrogens (tertiary/aromatic N) is 3. The van der Waals surface area contributed by atoms with Crippen molar-refractivity contribution >= 4 is 11.8 Å². The number of amides is 2. The molecule has 0 atom stereocenters. The summed E-state index contributed by atoms with van der Waals surface area (Å²) in [5.41, 5.74) is 5.97. The van der Waals surface area contributed by atoms with Crippen LogP contribution in [0.2, 0.25) is 0 Å². The van der Waals surface area contributed by atoms with Gasteiger partial charge < -0.3 is 21.1 Å². The molecule has 19 heavy (non-hydrogen) atoms. The molecule has 0 spiro atoms. The van der Waals surface area contributed by atoms with E-state index < -0.39 is 0 Å². The Morgan fingerprint density at radius 2 is 2.21 bits per heavy atom. The molecule has 9 heteroatoms. The highest BCUT2D eigenvalue weighted by molar-refractivity contribution is 5.84. The number of rotatable bonds is 8. The van der Waals surface area contributed by atoms with Crippen LogP contribution >= 0.6 is 0 Å². The van der Waals surface area contributed by atoms with Gasteiger partial charge in [-0.3, -0.25) is 9.59 Å². The van der Waals surface area contributed by atoms with Crippen molar-refractivity contribution in [3.63, 3.8) is 0 Å². The Morgan fingerprint density at radius 1 is 1.42 bits per heavy atom. The van der Waals surface area contributed by atoms with E-state index in [2.05, 4.69) is 20.9 Å². The number of nitrogens with two attached hydrogens (primary N) is 1. The molecule has 1 aromatic rings. The molecule has 1 aromatic heterocycles. The van der Waals surface area contributed by atoms with E-state index in [1.807, 2.05) is 0 Å². The molecule has 0 aliphatic heterocycles. The minimum absolute atomic E-state index is 0.00164. The minimum atomic E-state index is -0.324. The molecule has 4 N–H and O–H groups in total. The molecule has 1 rings (SSSR count). The van der Waals surface area contributed by atoms with Crippen molar-refractivity contribution in [2.24, 2.45) is 5.73 Å². The number of ether oxygens (including phenoxy) is 1. The Bertz CT molecular complexity index is 419. The predicted octanol–water partition coefficient (Wildman–Crippen LogP) is -2.38. The third kappa shape index (κ3) is 5.93. The fraction of sp³-hybridized carbons (Fsp3) is 0.600. The number of aromatic nitrogens is 3. The summed E-state index contributed by atoms with van der Waals surface area (Å²) in [5, 5.41) is 12.5. The van der Waals surface area contributed by atoms with E-state index in [-0.39, 0.29) is 31.4 Å². The van der Waals surface area contributed by atoms with Gasteiger partial charge in [-0.2, -0.15) is 0 Å². The van der Waals surface area contributed by atoms with Crippen LogP contribution in [0.15, 0.2) is 6.20 Å². The number of hydrogen-bond acceptors (Lipinski definition) is 6. The molecular weight excluding hydrogens is 252 g/mol. The van der Waals surface area contributed by atoms with Crippen LogP contribution in [0.25, 0.3) is 0 Å². The van der Waals surface area contributed by atoms with Crippen molar-refractivity contribution in [3.8, 4) is 0 Å². The summed E-state index contributed by atoms with van der Waals surface area (Å²) in [6, 6.07) is 0. The summed E-state index contributed by atoms with van der Waals surface area (Å²) < 4.78 is 6.14. The van der Waals surface area contributed by atoms with Gasteiger partial charge in [-0.05, 0) is 0 Å². The molecule has 1 heterocycles. The Hall–Kier alpha value is -2.00. The van der Waals surface area contributed by atoms with E-state index in [4.69, 9.17) is 10.5 Å². The first kappa shape index (κ1) is 15.1. The molecule has 2 amide bonds. The number of nitrogens with one attached hydrogen (secondary N) is 2. The van der Waals surface area contributed by atoms with E-state index >= 15 is 0 Å². The zero-order valence-corrected chi connectivity index (χ0v) is 10.8. The van der Waals surface area contributed by atoms with E-state index in [1.54, 1.807) is 13.3 Å². The van der Waals surface area contributed by atoms with Crippen LogP contribution in [0.3, 0.4) is 0 Å². The van der Waals surface area contributed by atoms with Crippen LogP contribution < -0.4 is 16.4 Å². The molecule has 0 aromatic carbocycles. The average molecular weight is 270 g/mol. The lowest BCUT2D eigenvalue weighted by atomic mass is 10.5. The molecule has 0 aliphatic carbocycles. The summed E-state index contributed by atoms with van der Waals surface area (Å²) in [5.74, 6) is -0.595. The van der Waals surface area contributed by atoms with E-state index in [0.717, 1.165) is 0 Å². The first-order valence-corrected chi connectivity index (χ1v) is 5.77. The fourth-order valence-corrected chi connectivity index (χ4v) is 1.25. The maximum Gasteiger partial charge on any atom is 0.242 e. The number of hydrogen-bond donors (Lipinski definition) is 3. The Kier molecular flexibility index (Phi) is 6.47. The summed E-state index contributed by atoms with van der Waals surface area (Å²) in [7, 11) is 1.54. The second-order valence-corrected chi connectivity index (χ2v) is 3.73. The summed E-state index contributed by atoms with van der Waals surface area (Å²) in [6.07, 6.45) is 1.58. The van der Waals surface area contributed by atoms with Gasteiger partial charge in [0.05, 0.1) is 25.0 Å². The fourth-order valence-electron chi connectivity index (χ4n) is 1.25. The molecular formula is C10H18N6O3. The van der Waals surface area contributed by atoms with Crippen LogP contribution in [0.5, 0.6) is 0 Å². The Morgan fingerprint density at radius 3 is 2.84 bits per heavy atom. The molecule has 9 nitrogen and oxygen atoms in total. The van der Waals surface area contributed by atoms with E-state index in [9.17, 15) is 9.59 Å². The molecule has 0 saturated carbocycles. The second-order valence-electron chi connectivity index (χ2n) is 3.73. The molecule has 0 radical (unpaired) electrons. The molecule has 106 valence electrons. The highest BCUT2D eigenvalue weighted by atomic mass is 16.5. The van der Waals surface area contributed by atoms with Gasteiger partial charge in [-0.25, -0.2) is 4.68 Å². The van der Waals surface area contributed by atoms with Gasteiger partial charge >= 0.3 is 0 Å². The summed E-state index contributed by atoms with van der Waals surface area (Å²) in [6.45, 7) is 1.03. The van der Waals surface area contributed by atoms with Crippen molar-refractivity contribution in [2.75, 3.05) is 26.8 Å². The van der Waals surface area contributed by atoms with Gasteiger partial charge in [0.2, 0.25) is 11.8 Å². The summed E-state index contributed by atoms with van der Waals surface area (Å²) in [4.78, 5) is 22.8. The third-order valence-corrected chi connectivity index (χ3v) is 2.18. The van der Waals surface area contributed by atoms with Gasteiger partial charge in [0, 0.05) is 20.2 Å². The molecule has 0 aliphatic rings. The molecule has 0 unspecified atom stereocenters. The normalized spacial score (nSPS) is 10.2. The lowest BCUT2D eigenvalue weighted by Crippen LogP contribution is -2.39. The summed E-state index contributed by atoms with van der Waals surface area (Å²) >= 11 is 0. The Balaban J connectivity index is 2.22. The SMILES string of the molecule is COCCNC(=O)CNC(=O)Cn1cc(CN)nn1. The Labute approximate surface area is 110 Å². The topological polar surface area (TPSA) is 124 Å². The molecule has 0 fully saturated rings. The molecule has 0 bridgehead atoms. The lowest BCUT2D eigenvalue weighted by Gasteiger charge is -2.06. The minimum Gasteiger partial charge on any atom is -0.383 e. The van der Waals surface area contributed by atoms with Crippen LogP contribution in [-0.4, -0.2) is 53.6 Å². The average Bonchev–Trinajstić information content (AvgIpc) is 2.84. The van der Waals surface area contributed by atoms with Gasteiger partial charge in [-0.1, -0.05) is 5.21 Å². The second kappa shape index (κ2) is 8.16. The third-order valence-electron chi connectivity index (χ3n) is 2.18. The van der Waals surface area contributed by atoms with Gasteiger partial charge in [0.1, 0.15) is 6.54 Å². The zero-order valence-electron chi connectivity index (χ0n) is 10.8. The zero-order chi connectivity index (χ0) is 14.1. The van der Waals surface area contributed by atoms with Crippen LogP contribution in [0, 0.1) is 0 Å². The maximum absolute atomic E-state index is 11.5. The standard InChI is InChI=1S/C10H18N6O3/c1-19-3-2-12-9(17)5-13-10(18)7-16-6-8(4-11)14-15-16/h6H,2-5,7,11H2,1H3,(H,12,17)(H,13,18). The van der Waals surface area contributed by atoms with Crippen LogP contribution in [-0.2, 0) is 27.4 Å². The largest absolute Gasteiger partial charge is 0.383 e. The first-order valence-electron chi connectivity index (χ1n) is 5.77. The van der Waals surface area contributed by atoms with Crippen LogP contribution in [0.1, 0.15) is 5.69 Å². The first-order chi connectivity index (χ1) is 9.15. The smallest absolute Gasteiger partial charge is 0.242 e. The monoisotopic (exact) mass is 270 g/mol. The van der Waals surface area contributed by atoms with Crippen molar-refractivity contribution in [2.45, 2.75) is 13.1 Å². The van der Waals surface area contributed by atoms with Gasteiger partial charge in [-0.15, -0.1) is 5.10 Å². The van der Waals surface area contributed by atoms with Crippen LogP contribution in [0.4, 0.5) is 0 Å². The van der Waals surface area contributed by atoms with Crippen molar-refractivity contribution < 1.29 is 14.3 Å². The highest BCUT2D eigenvalue weighted by Gasteiger charge is 2.07. The molecule has 0 saturated heterocycles.